The normalized spacial score (nSPS) is 15.6. The second-order valence-corrected chi connectivity index (χ2v) is 4.67. The maximum atomic E-state index is 14.0. The van der Waals surface area contributed by atoms with E-state index in [4.69, 9.17) is 4.74 Å². The van der Waals surface area contributed by atoms with Crippen LogP contribution in [-0.2, 0) is 6.11 Å². The zero-order chi connectivity index (χ0) is 12.9. The summed E-state index contributed by atoms with van der Waals surface area (Å²) in [6.07, 6.45) is -3.26. The van der Waals surface area contributed by atoms with Crippen LogP contribution in [0.4, 0.5) is 8.78 Å². The molecule has 0 aliphatic carbocycles. The van der Waals surface area contributed by atoms with Gasteiger partial charge in [-0.3, -0.25) is 0 Å². The Morgan fingerprint density at radius 3 is 2.22 bits per heavy atom. The zero-order valence-electron chi connectivity index (χ0n) is 10.1. The van der Waals surface area contributed by atoms with Crippen molar-refractivity contribution in [2.45, 2.75) is 20.0 Å². The molecule has 0 spiro atoms. The van der Waals surface area contributed by atoms with Gasteiger partial charge in [-0.05, 0) is 37.1 Å². The van der Waals surface area contributed by atoms with Gasteiger partial charge in [0.15, 0.2) is 0 Å². The molecular formula is C15H12F2O. The molecule has 1 aliphatic heterocycles. The van der Waals surface area contributed by atoms with Crippen LogP contribution in [0.1, 0.15) is 16.7 Å². The largest absolute Gasteiger partial charge is 0.428 e. The summed E-state index contributed by atoms with van der Waals surface area (Å²) in [4.78, 5) is 0. The van der Waals surface area contributed by atoms with Gasteiger partial charge in [-0.15, -0.1) is 0 Å². The number of hydrogen-bond donors (Lipinski definition) is 0. The van der Waals surface area contributed by atoms with Crippen LogP contribution in [-0.4, -0.2) is 0 Å². The van der Waals surface area contributed by atoms with E-state index >= 15 is 0 Å². The minimum Gasteiger partial charge on any atom is -0.428 e. The fraction of sp³-hybridized carbons (Fsp3) is 0.200. The molecule has 0 bridgehead atoms. The molecule has 0 saturated carbocycles. The van der Waals surface area contributed by atoms with Crippen molar-refractivity contribution < 1.29 is 13.5 Å². The molecular weight excluding hydrogens is 234 g/mol. The Hall–Kier alpha value is -1.90. The highest BCUT2D eigenvalue weighted by Gasteiger charge is 2.41. The molecule has 3 heteroatoms. The number of benzene rings is 2. The lowest BCUT2D eigenvalue weighted by Gasteiger charge is -2.28. The van der Waals surface area contributed by atoms with Crippen LogP contribution in [0, 0.1) is 13.8 Å². The van der Waals surface area contributed by atoms with Crippen molar-refractivity contribution in [2.75, 3.05) is 0 Å². The van der Waals surface area contributed by atoms with Crippen molar-refractivity contribution in [2.24, 2.45) is 0 Å². The molecule has 0 radical (unpaired) electrons. The Kier molecular flexibility index (Phi) is 2.21. The quantitative estimate of drug-likeness (QED) is 0.669. The minimum absolute atomic E-state index is 0.0566. The molecule has 2 aromatic rings. The van der Waals surface area contributed by atoms with Crippen LogP contribution < -0.4 is 4.74 Å². The number of alkyl halides is 2. The third-order valence-corrected chi connectivity index (χ3v) is 3.15. The Morgan fingerprint density at radius 1 is 0.889 bits per heavy atom. The molecule has 0 amide bonds. The molecule has 0 aromatic heterocycles. The fourth-order valence-corrected chi connectivity index (χ4v) is 2.26. The standard InChI is InChI=1S/C15H12F2O/c1-9-3-5-11-12-6-4-10(2)8-14(12)18-15(16,17)13(11)7-9/h3-8H,1-2H3. The third-order valence-electron chi connectivity index (χ3n) is 3.15. The Morgan fingerprint density at radius 2 is 1.50 bits per heavy atom. The predicted octanol–water partition coefficient (Wildman–Crippen LogP) is 4.41. The molecule has 92 valence electrons. The van der Waals surface area contributed by atoms with E-state index in [1.807, 2.05) is 25.1 Å². The summed E-state index contributed by atoms with van der Waals surface area (Å²) in [5.74, 6) is 0.247. The first-order valence-corrected chi connectivity index (χ1v) is 5.76. The number of ether oxygens (including phenoxy) is 1. The summed E-state index contributed by atoms with van der Waals surface area (Å²) < 4.78 is 32.8. The first kappa shape index (κ1) is 11.2. The van der Waals surface area contributed by atoms with Gasteiger partial charge in [0.05, 0.1) is 5.56 Å². The van der Waals surface area contributed by atoms with Crippen molar-refractivity contribution >= 4 is 0 Å². The molecule has 0 N–H and O–H groups in total. The second kappa shape index (κ2) is 3.55. The lowest BCUT2D eigenvalue weighted by Crippen LogP contribution is -2.26. The van der Waals surface area contributed by atoms with Crippen molar-refractivity contribution in [3.63, 3.8) is 0 Å². The molecule has 3 rings (SSSR count). The van der Waals surface area contributed by atoms with Gasteiger partial charge in [0.25, 0.3) is 0 Å². The summed E-state index contributed by atoms with van der Waals surface area (Å²) in [5, 5.41) is 0. The van der Waals surface area contributed by atoms with E-state index in [1.165, 1.54) is 6.07 Å². The molecule has 18 heavy (non-hydrogen) atoms. The van der Waals surface area contributed by atoms with Gasteiger partial charge >= 0.3 is 6.11 Å². The van der Waals surface area contributed by atoms with Crippen LogP contribution >= 0.6 is 0 Å². The molecule has 0 atom stereocenters. The van der Waals surface area contributed by atoms with E-state index in [9.17, 15) is 8.78 Å². The van der Waals surface area contributed by atoms with Gasteiger partial charge in [-0.2, -0.15) is 8.78 Å². The summed E-state index contributed by atoms with van der Waals surface area (Å²) >= 11 is 0. The van der Waals surface area contributed by atoms with Gasteiger partial charge in [0, 0.05) is 5.56 Å². The number of hydrogen-bond acceptors (Lipinski definition) is 1. The Bertz CT molecular complexity index is 632. The van der Waals surface area contributed by atoms with E-state index in [1.54, 1.807) is 19.1 Å². The molecule has 0 saturated heterocycles. The van der Waals surface area contributed by atoms with Crippen LogP contribution in [0.5, 0.6) is 5.75 Å². The lowest BCUT2D eigenvalue weighted by molar-refractivity contribution is -0.187. The number of halogens is 2. The van der Waals surface area contributed by atoms with Crippen LogP contribution in [0.3, 0.4) is 0 Å². The second-order valence-electron chi connectivity index (χ2n) is 4.67. The van der Waals surface area contributed by atoms with E-state index in [-0.39, 0.29) is 11.3 Å². The monoisotopic (exact) mass is 246 g/mol. The van der Waals surface area contributed by atoms with Crippen molar-refractivity contribution in [3.05, 3.63) is 53.1 Å². The molecule has 0 unspecified atom stereocenters. The average Bonchev–Trinajstić information content (AvgIpc) is 2.28. The predicted molar refractivity (Wildman–Crippen MR) is 65.9 cm³/mol. The van der Waals surface area contributed by atoms with Crippen molar-refractivity contribution in [3.8, 4) is 16.9 Å². The topological polar surface area (TPSA) is 9.23 Å². The summed E-state index contributed by atoms with van der Waals surface area (Å²) in [6, 6.07) is 10.4. The van der Waals surface area contributed by atoms with Gasteiger partial charge in [-0.1, -0.05) is 29.8 Å². The van der Waals surface area contributed by atoms with Crippen molar-refractivity contribution in [1.82, 2.24) is 0 Å². The van der Waals surface area contributed by atoms with Crippen molar-refractivity contribution in [1.29, 1.82) is 0 Å². The zero-order valence-corrected chi connectivity index (χ0v) is 10.1. The SMILES string of the molecule is Cc1ccc2c(c1)OC(F)(F)c1cc(C)ccc1-2. The van der Waals surface area contributed by atoms with Gasteiger partial charge < -0.3 is 4.74 Å². The van der Waals surface area contributed by atoms with Crippen LogP contribution in [0.15, 0.2) is 36.4 Å². The lowest BCUT2D eigenvalue weighted by atomic mass is 9.93. The average molecular weight is 246 g/mol. The molecule has 2 aromatic carbocycles. The maximum absolute atomic E-state index is 14.0. The van der Waals surface area contributed by atoms with E-state index in [2.05, 4.69) is 0 Å². The first-order valence-electron chi connectivity index (χ1n) is 5.76. The van der Waals surface area contributed by atoms with Gasteiger partial charge in [-0.25, -0.2) is 0 Å². The number of rotatable bonds is 0. The third kappa shape index (κ3) is 1.58. The number of fused-ring (bicyclic) bond motifs is 3. The van der Waals surface area contributed by atoms with Crippen LogP contribution in [0.25, 0.3) is 11.1 Å². The first-order chi connectivity index (χ1) is 8.47. The molecule has 1 aliphatic rings. The van der Waals surface area contributed by atoms with Gasteiger partial charge in [0.2, 0.25) is 0 Å². The van der Waals surface area contributed by atoms with Crippen LogP contribution in [0.2, 0.25) is 0 Å². The molecule has 0 fully saturated rings. The molecule has 1 nitrogen and oxygen atoms in total. The van der Waals surface area contributed by atoms with E-state index in [0.29, 0.717) is 5.56 Å². The summed E-state index contributed by atoms with van der Waals surface area (Å²) in [7, 11) is 0. The highest BCUT2D eigenvalue weighted by atomic mass is 19.3. The minimum atomic E-state index is -3.26. The smallest absolute Gasteiger partial charge is 0.427 e. The highest BCUT2D eigenvalue weighted by Crippen LogP contribution is 2.47. The Labute approximate surface area is 104 Å². The van der Waals surface area contributed by atoms with E-state index < -0.39 is 6.11 Å². The highest BCUT2D eigenvalue weighted by molar-refractivity contribution is 5.76. The Balaban J connectivity index is 2.31. The summed E-state index contributed by atoms with van der Waals surface area (Å²) in [5.41, 5.74) is 2.92. The summed E-state index contributed by atoms with van der Waals surface area (Å²) in [6.45, 7) is 3.65. The van der Waals surface area contributed by atoms with E-state index in [0.717, 1.165) is 16.7 Å². The molecule has 1 heterocycles. The van der Waals surface area contributed by atoms with Gasteiger partial charge in [0.1, 0.15) is 5.75 Å². The fourth-order valence-electron chi connectivity index (χ4n) is 2.26. The number of aryl methyl sites for hydroxylation is 2. The maximum Gasteiger partial charge on any atom is 0.427 e.